The van der Waals surface area contributed by atoms with Crippen LogP contribution in [0.15, 0.2) is 24.3 Å². The standard InChI is InChI=1S/C17H14N6O3/c1-8-6-9(2)23-17(18-8)20-13(21-23)14(24)19-10-4-5-11-12(7-10)16(26)22(3)15(11)25/h4-7H,1-3H3,(H,19,24). The second-order valence-electron chi connectivity index (χ2n) is 6.07. The second-order valence-corrected chi connectivity index (χ2v) is 6.07. The fraction of sp³-hybridized carbons (Fsp3) is 0.176. The van der Waals surface area contributed by atoms with Crippen molar-refractivity contribution in [1.29, 1.82) is 0 Å². The summed E-state index contributed by atoms with van der Waals surface area (Å²) in [6.07, 6.45) is 0. The third-order valence-electron chi connectivity index (χ3n) is 4.17. The van der Waals surface area contributed by atoms with E-state index in [1.807, 2.05) is 19.9 Å². The largest absolute Gasteiger partial charge is 0.319 e. The van der Waals surface area contributed by atoms with Crippen molar-refractivity contribution in [3.05, 3.63) is 52.6 Å². The Labute approximate surface area is 147 Å². The molecular formula is C17H14N6O3. The van der Waals surface area contributed by atoms with Gasteiger partial charge in [0.05, 0.1) is 11.1 Å². The number of carbonyl (C=O) groups is 3. The molecule has 2 aromatic heterocycles. The molecule has 0 radical (unpaired) electrons. The second kappa shape index (κ2) is 5.45. The van der Waals surface area contributed by atoms with Crippen LogP contribution in [0.2, 0.25) is 0 Å². The number of aromatic nitrogens is 4. The number of nitrogens with zero attached hydrogens (tertiary/aromatic N) is 5. The van der Waals surface area contributed by atoms with Gasteiger partial charge in [-0.2, -0.15) is 4.98 Å². The minimum Gasteiger partial charge on any atom is -0.319 e. The van der Waals surface area contributed by atoms with Gasteiger partial charge in [0, 0.05) is 24.1 Å². The molecule has 26 heavy (non-hydrogen) atoms. The number of hydrogen-bond acceptors (Lipinski definition) is 6. The van der Waals surface area contributed by atoms with Gasteiger partial charge in [0.25, 0.3) is 23.5 Å². The number of amides is 3. The molecule has 9 nitrogen and oxygen atoms in total. The van der Waals surface area contributed by atoms with Crippen LogP contribution in [-0.4, -0.2) is 49.3 Å². The maximum atomic E-state index is 12.5. The Kier molecular flexibility index (Phi) is 3.33. The van der Waals surface area contributed by atoms with Crippen LogP contribution in [0, 0.1) is 13.8 Å². The van der Waals surface area contributed by atoms with Gasteiger partial charge in [-0.3, -0.25) is 19.3 Å². The van der Waals surface area contributed by atoms with E-state index in [2.05, 4.69) is 20.4 Å². The number of anilines is 1. The zero-order valence-corrected chi connectivity index (χ0v) is 14.3. The van der Waals surface area contributed by atoms with Crippen LogP contribution in [0.4, 0.5) is 5.69 Å². The van der Waals surface area contributed by atoms with Crippen LogP contribution in [0.5, 0.6) is 0 Å². The van der Waals surface area contributed by atoms with E-state index < -0.39 is 11.8 Å². The minimum atomic E-state index is -0.530. The molecule has 0 bridgehead atoms. The smallest absolute Gasteiger partial charge is 0.295 e. The van der Waals surface area contributed by atoms with Gasteiger partial charge in [0.15, 0.2) is 0 Å². The van der Waals surface area contributed by atoms with Gasteiger partial charge in [0.1, 0.15) is 0 Å². The molecule has 3 aromatic rings. The number of carbonyl (C=O) groups excluding carboxylic acids is 3. The third kappa shape index (κ3) is 2.32. The molecule has 1 N–H and O–H groups in total. The Bertz CT molecular complexity index is 1120. The lowest BCUT2D eigenvalue weighted by atomic mass is 10.1. The summed E-state index contributed by atoms with van der Waals surface area (Å²) in [5.74, 6) is -0.989. The zero-order chi connectivity index (χ0) is 18.6. The molecule has 0 saturated carbocycles. The van der Waals surface area contributed by atoms with Crippen molar-refractivity contribution in [2.24, 2.45) is 0 Å². The number of benzene rings is 1. The highest BCUT2D eigenvalue weighted by molar-refractivity contribution is 6.21. The predicted molar refractivity (Wildman–Crippen MR) is 91.1 cm³/mol. The van der Waals surface area contributed by atoms with Crippen molar-refractivity contribution in [3.8, 4) is 0 Å². The van der Waals surface area contributed by atoms with Crippen molar-refractivity contribution in [2.75, 3.05) is 12.4 Å². The quantitative estimate of drug-likeness (QED) is 0.696. The molecule has 0 spiro atoms. The summed E-state index contributed by atoms with van der Waals surface area (Å²) in [5.41, 5.74) is 2.54. The summed E-state index contributed by atoms with van der Waals surface area (Å²) in [6, 6.07) is 6.38. The number of nitrogens with one attached hydrogen (secondary N) is 1. The highest BCUT2D eigenvalue weighted by atomic mass is 16.2. The molecule has 0 fully saturated rings. The summed E-state index contributed by atoms with van der Waals surface area (Å²) < 4.78 is 1.49. The van der Waals surface area contributed by atoms with E-state index in [1.54, 1.807) is 6.07 Å². The lowest BCUT2D eigenvalue weighted by molar-refractivity contribution is 0.0692. The van der Waals surface area contributed by atoms with Gasteiger partial charge in [-0.15, -0.1) is 5.10 Å². The van der Waals surface area contributed by atoms with E-state index in [9.17, 15) is 14.4 Å². The summed E-state index contributed by atoms with van der Waals surface area (Å²) in [4.78, 5) is 45.8. The molecule has 4 rings (SSSR count). The first-order chi connectivity index (χ1) is 12.3. The molecule has 130 valence electrons. The van der Waals surface area contributed by atoms with E-state index >= 15 is 0 Å². The molecule has 0 saturated heterocycles. The fourth-order valence-electron chi connectivity index (χ4n) is 2.89. The van der Waals surface area contributed by atoms with Gasteiger partial charge < -0.3 is 5.32 Å². The molecule has 1 aliphatic heterocycles. The van der Waals surface area contributed by atoms with Crippen LogP contribution < -0.4 is 5.32 Å². The number of fused-ring (bicyclic) bond motifs is 2. The van der Waals surface area contributed by atoms with Crippen LogP contribution in [0.3, 0.4) is 0 Å². The van der Waals surface area contributed by atoms with Crippen LogP contribution in [-0.2, 0) is 0 Å². The van der Waals surface area contributed by atoms with Crippen molar-refractivity contribution in [3.63, 3.8) is 0 Å². The molecule has 1 aliphatic rings. The number of aryl methyl sites for hydroxylation is 2. The Morgan fingerprint density at radius 2 is 1.77 bits per heavy atom. The van der Waals surface area contributed by atoms with Crippen molar-refractivity contribution in [2.45, 2.75) is 13.8 Å². The van der Waals surface area contributed by atoms with Gasteiger partial charge in [-0.1, -0.05) is 0 Å². The number of hydrogen-bond donors (Lipinski definition) is 1. The highest BCUT2D eigenvalue weighted by Gasteiger charge is 2.32. The number of rotatable bonds is 2. The monoisotopic (exact) mass is 350 g/mol. The average Bonchev–Trinajstić information content (AvgIpc) is 3.11. The molecule has 9 heteroatoms. The van der Waals surface area contributed by atoms with E-state index in [4.69, 9.17) is 0 Å². The summed E-state index contributed by atoms with van der Waals surface area (Å²) in [6.45, 7) is 3.68. The van der Waals surface area contributed by atoms with Crippen LogP contribution in [0.25, 0.3) is 5.78 Å². The molecule has 3 amide bonds. The Hall–Kier alpha value is -3.62. The topological polar surface area (TPSA) is 110 Å². The SMILES string of the molecule is Cc1cc(C)n2nc(C(=O)Nc3ccc4c(c3)C(=O)N(C)C4=O)nc2n1. The first-order valence-electron chi connectivity index (χ1n) is 7.84. The zero-order valence-electron chi connectivity index (χ0n) is 14.3. The first-order valence-corrected chi connectivity index (χ1v) is 7.84. The fourth-order valence-corrected chi connectivity index (χ4v) is 2.89. The maximum absolute atomic E-state index is 12.5. The van der Waals surface area contributed by atoms with Gasteiger partial charge in [-0.25, -0.2) is 9.50 Å². The average molecular weight is 350 g/mol. The van der Waals surface area contributed by atoms with Crippen molar-refractivity contribution >= 4 is 29.2 Å². The Balaban J connectivity index is 1.64. The van der Waals surface area contributed by atoms with E-state index in [0.717, 1.165) is 16.3 Å². The normalized spacial score (nSPS) is 13.4. The van der Waals surface area contributed by atoms with Crippen molar-refractivity contribution < 1.29 is 14.4 Å². The Morgan fingerprint density at radius 3 is 2.54 bits per heavy atom. The molecule has 1 aromatic carbocycles. The van der Waals surface area contributed by atoms with Gasteiger partial charge in [-0.05, 0) is 38.1 Å². The molecule has 0 atom stereocenters. The highest BCUT2D eigenvalue weighted by Crippen LogP contribution is 2.24. The van der Waals surface area contributed by atoms with E-state index in [0.29, 0.717) is 17.0 Å². The van der Waals surface area contributed by atoms with Crippen LogP contribution >= 0.6 is 0 Å². The van der Waals surface area contributed by atoms with Gasteiger partial charge in [0.2, 0.25) is 5.82 Å². The summed E-state index contributed by atoms with van der Waals surface area (Å²) in [5, 5.41) is 6.81. The molecule has 0 aliphatic carbocycles. The first kappa shape index (κ1) is 15.9. The summed E-state index contributed by atoms with van der Waals surface area (Å²) in [7, 11) is 1.42. The van der Waals surface area contributed by atoms with E-state index in [-0.39, 0.29) is 17.3 Å². The Morgan fingerprint density at radius 1 is 1.04 bits per heavy atom. The maximum Gasteiger partial charge on any atom is 0.295 e. The molecular weight excluding hydrogens is 336 g/mol. The minimum absolute atomic E-state index is 0.0359. The summed E-state index contributed by atoms with van der Waals surface area (Å²) >= 11 is 0. The van der Waals surface area contributed by atoms with Crippen LogP contribution in [0.1, 0.15) is 42.7 Å². The van der Waals surface area contributed by atoms with Crippen molar-refractivity contribution in [1.82, 2.24) is 24.5 Å². The lowest BCUT2D eigenvalue weighted by Gasteiger charge is -2.04. The van der Waals surface area contributed by atoms with E-state index in [1.165, 1.54) is 23.7 Å². The predicted octanol–water partition coefficient (Wildman–Crippen LogP) is 1.22. The number of imide groups is 1. The molecule has 3 heterocycles. The third-order valence-corrected chi connectivity index (χ3v) is 4.17. The lowest BCUT2D eigenvalue weighted by Crippen LogP contribution is -2.24. The van der Waals surface area contributed by atoms with Gasteiger partial charge >= 0.3 is 0 Å². The molecule has 0 unspecified atom stereocenters.